The molecule has 4 heteroatoms. The molecule has 0 saturated heterocycles. The lowest BCUT2D eigenvalue weighted by atomic mass is 9.74. The van der Waals surface area contributed by atoms with Crippen LogP contribution in [0.3, 0.4) is 0 Å². The number of nitrogens with one attached hydrogen (secondary N) is 1. The maximum atomic E-state index is 12.5. The molecule has 2 fully saturated rings. The van der Waals surface area contributed by atoms with E-state index < -0.39 is 0 Å². The standard InChI is InChI=1S/C16H30N2O2/c1-15(17)7-3-2-6-13(15)14(20)18-12-16(10-11-19)8-4-5-9-16/h13,19H,2-12,17H2,1H3,(H,18,20). The molecule has 2 aliphatic carbocycles. The molecule has 20 heavy (non-hydrogen) atoms. The Kier molecular flexibility index (Phi) is 5.08. The normalized spacial score (nSPS) is 33.0. The quantitative estimate of drug-likeness (QED) is 0.721. The Balaban J connectivity index is 1.90. The highest BCUT2D eigenvalue weighted by Gasteiger charge is 2.39. The maximum Gasteiger partial charge on any atom is 0.224 e. The molecule has 1 amide bonds. The zero-order chi connectivity index (χ0) is 14.6. The summed E-state index contributed by atoms with van der Waals surface area (Å²) in [6.45, 7) is 2.93. The van der Waals surface area contributed by atoms with Crippen molar-refractivity contribution >= 4 is 5.91 Å². The molecule has 4 nitrogen and oxygen atoms in total. The molecule has 116 valence electrons. The van der Waals surface area contributed by atoms with Gasteiger partial charge >= 0.3 is 0 Å². The summed E-state index contributed by atoms with van der Waals surface area (Å²) in [6.07, 6.45) is 9.56. The first-order valence-corrected chi connectivity index (χ1v) is 8.17. The molecule has 0 spiro atoms. The lowest BCUT2D eigenvalue weighted by Gasteiger charge is -2.38. The second kappa shape index (κ2) is 6.44. The molecule has 0 aromatic rings. The largest absolute Gasteiger partial charge is 0.396 e. The van der Waals surface area contributed by atoms with Crippen LogP contribution in [0.1, 0.15) is 64.7 Å². The number of carbonyl (C=O) groups excluding carboxylic acids is 1. The van der Waals surface area contributed by atoms with Gasteiger partial charge in [0.05, 0.1) is 5.92 Å². The maximum absolute atomic E-state index is 12.5. The van der Waals surface area contributed by atoms with Gasteiger partial charge in [-0.2, -0.15) is 0 Å². The van der Waals surface area contributed by atoms with E-state index in [4.69, 9.17) is 5.73 Å². The summed E-state index contributed by atoms with van der Waals surface area (Å²) in [5.74, 6) is 0.0720. The van der Waals surface area contributed by atoms with Gasteiger partial charge in [0.1, 0.15) is 0 Å². The van der Waals surface area contributed by atoms with E-state index in [1.54, 1.807) is 0 Å². The second-order valence-electron chi connectivity index (χ2n) is 7.20. The lowest BCUT2D eigenvalue weighted by Crippen LogP contribution is -2.53. The first-order valence-electron chi connectivity index (χ1n) is 8.17. The monoisotopic (exact) mass is 282 g/mol. The molecule has 2 saturated carbocycles. The summed E-state index contributed by atoms with van der Waals surface area (Å²) in [4.78, 5) is 12.5. The Morgan fingerprint density at radius 1 is 1.25 bits per heavy atom. The average molecular weight is 282 g/mol. The van der Waals surface area contributed by atoms with Crippen molar-refractivity contribution in [3.8, 4) is 0 Å². The van der Waals surface area contributed by atoms with Crippen LogP contribution >= 0.6 is 0 Å². The van der Waals surface area contributed by atoms with E-state index in [-0.39, 0.29) is 29.4 Å². The van der Waals surface area contributed by atoms with Crippen LogP contribution in [0.4, 0.5) is 0 Å². The van der Waals surface area contributed by atoms with E-state index >= 15 is 0 Å². The summed E-state index contributed by atoms with van der Waals surface area (Å²) in [6, 6.07) is 0. The van der Waals surface area contributed by atoms with Crippen LogP contribution in [0, 0.1) is 11.3 Å². The van der Waals surface area contributed by atoms with Gasteiger partial charge in [-0.15, -0.1) is 0 Å². The zero-order valence-electron chi connectivity index (χ0n) is 12.8. The first kappa shape index (κ1) is 15.8. The van der Waals surface area contributed by atoms with Crippen molar-refractivity contribution < 1.29 is 9.90 Å². The highest BCUT2D eigenvalue weighted by atomic mass is 16.3. The van der Waals surface area contributed by atoms with Crippen molar-refractivity contribution in [3.05, 3.63) is 0 Å². The predicted molar refractivity (Wildman–Crippen MR) is 80.2 cm³/mol. The van der Waals surface area contributed by atoms with Crippen LogP contribution in [-0.2, 0) is 4.79 Å². The molecule has 4 N–H and O–H groups in total. The van der Waals surface area contributed by atoms with Crippen LogP contribution in [0.2, 0.25) is 0 Å². The van der Waals surface area contributed by atoms with Gasteiger partial charge in [-0.05, 0) is 44.4 Å². The molecule has 2 rings (SSSR count). The van der Waals surface area contributed by atoms with Crippen molar-refractivity contribution in [1.82, 2.24) is 5.32 Å². The van der Waals surface area contributed by atoms with E-state index in [2.05, 4.69) is 5.32 Å². The van der Waals surface area contributed by atoms with Crippen molar-refractivity contribution in [3.63, 3.8) is 0 Å². The number of aliphatic hydroxyl groups excluding tert-OH is 1. The minimum atomic E-state index is -0.359. The summed E-state index contributed by atoms with van der Waals surface area (Å²) < 4.78 is 0. The molecular formula is C16H30N2O2. The molecule has 0 aliphatic heterocycles. The van der Waals surface area contributed by atoms with Crippen molar-refractivity contribution in [2.24, 2.45) is 17.1 Å². The number of amides is 1. The fraction of sp³-hybridized carbons (Fsp3) is 0.938. The Morgan fingerprint density at radius 2 is 1.90 bits per heavy atom. The van der Waals surface area contributed by atoms with Gasteiger partial charge in [0.25, 0.3) is 0 Å². The lowest BCUT2D eigenvalue weighted by molar-refractivity contribution is -0.128. The van der Waals surface area contributed by atoms with Gasteiger partial charge in [-0.1, -0.05) is 25.7 Å². The number of hydrogen-bond acceptors (Lipinski definition) is 3. The molecular weight excluding hydrogens is 252 g/mol. The minimum absolute atomic E-state index is 0.0520. The Labute approximate surface area is 122 Å². The zero-order valence-corrected chi connectivity index (χ0v) is 12.8. The fourth-order valence-electron chi connectivity index (χ4n) is 4.06. The highest BCUT2D eigenvalue weighted by molar-refractivity contribution is 5.80. The van der Waals surface area contributed by atoms with Crippen LogP contribution < -0.4 is 11.1 Å². The number of carbonyl (C=O) groups is 1. The minimum Gasteiger partial charge on any atom is -0.396 e. The summed E-state index contributed by atoms with van der Waals surface area (Å²) in [5, 5.41) is 12.4. The second-order valence-corrected chi connectivity index (χ2v) is 7.20. The summed E-state index contributed by atoms with van der Waals surface area (Å²) in [5.41, 5.74) is 6.07. The third-order valence-electron chi connectivity index (χ3n) is 5.51. The topological polar surface area (TPSA) is 75.4 Å². The van der Waals surface area contributed by atoms with Crippen LogP contribution in [-0.4, -0.2) is 29.7 Å². The van der Waals surface area contributed by atoms with Gasteiger partial charge in [-0.25, -0.2) is 0 Å². The van der Waals surface area contributed by atoms with Crippen LogP contribution in [0.15, 0.2) is 0 Å². The molecule has 0 radical (unpaired) electrons. The predicted octanol–water partition coefficient (Wildman–Crippen LogP) is 1.95. The SMILES string of the molecule is CC1(N)CCCCC1C(=O)NCC1(CCO)CCCC1. The third-order valence-corrected chi connectivity index (χ3v) is 5.51. The van der Waals surface area contributed by atoms with Gasteiger partial charge in [0.15, 0.2) is 0 Å². The van der Waals surface area contributed by atoms with Gasteiger partial charge < -0.3 is 16.2 Å². The van der Waals surface area contributed by atoms with Gasteiger partial charge in [0, 0.05) is 18.7 Å². The Bertz CT molecular complexity index is 335. The summed E-state index contributed by atoms with van der Waals surface area (Å²) in [7, 11) is 0. The smallest absolute Gasteiger partial charge is 0.224 e. The molecule has 0 heterocycles. The summed E-state index contributed by atoms with van der Waals surface area (Å²) >= 11 is 0. The van der Waals surface area contributed by atoms with Gasteiger partial charge in [0.2, 0.25) is 5.91 Å². The van der Waals surface area contributed by atoms with E-state index in [1.165, 1.54) is 12.8 Å². The van der Waals surface area contributed by atoms with Crippen molar-refractivity contribution in [2.75, 3.05) is 13.2 Å². The molecule has 0 bridgehead atoms. The van der Waals surface area contributed by atoms with E-state index in [0.717, 1.165) is 44.9 Å². The first-order chi connectivity index (χ1) is 9.49. The Hall–Kier alpha value is -0.610. The molecule has 2 atom stereocenters. The molecule has 0 aromatic heterocycles. The van der Waals surface area contributed by atoms with Crippen LogP contribution in [0.5, 0.6) is 0 Å². The highest BCUT2D eigenvalue weighted by Crippen LogP contribution is 2.40. The molecule has 2 aliphatic rings. The number of nitrogens with two attached hydrogens (primary N) is 1. The van der Waals surface area contributed by atoms with Crippen molar-refractivity contribution in [2.45, 2.75) is 70.3 Å². The van der Waals surface area contributed by atoms with Gasteiger partial charge in [-0.3, -0.25) is 4.79 Å². The average Bonchev–Trinajstić information content (AvgIpc) is 2.85. The van der Waals surface area contributed by atoms with E-state index in [9.17, 15) is 9.90 Å². The van der Waals surface area contributed by atoms with Crippen molar-refractivity contribution in [1.29, 1.82) is 0 Å². The number of aliphatic hydroxyl groups is 1. The number of hydrogen-bond donors (Lipinski definition) is 3. The third kappa shape index (κ3) is 3.53. The molecule has 0 aromatic carbocycles. The fourth-order valence-corrected chi connectivity index (χ4v) is 4.06. The van der Waals surface area contributed by atoms with E-state index in [0.29, 0.717) is 6.54 Å². The van der Waals surface area contributed by atoms with E-state index in [1.807, 2.05) is 6.92 Å². The number of rotatable bonds is 5. The molecule has 2 unspecified atom stereocenters. The Morgan fingerprint density at radius 3 is 2.50 bits per heavy atom. The van der Waals surface area contributed by atoms with Crippen LogP contribution in [0.25, 0.3) is 0 Å².